The lowest BCUT2D eigenvalue weighted by atomic mass is 10.1. The van der Waals surface area contributed by atoms with Crippen molar-refractivity contribution in [2.45, 2.75) is 71.1 Å². The fraction of sp³-hybridized carbons (Fsp3) is 0.611. The predicted octanol–water partition coefficient (Wildman–Crippen LogP) is 5.11. The fourth-order valence-electron chi connectivity index (χ4n) is 1.75. The van der Waals surface area contributed by atoms with Gasteiger partial charge in [0.15, 0.2) is 0 Å². The quantitative estimate of drug-likeness (QED) is 0.323. The van der Waals surface area contributed by atoms with Gasteiger partial charge in [-0.25, -0.2) is 0 Å². The molecule has 0 rings (SSSR count). The number of rotatable bonds is 11. The van der Waals surface area contributed by atoms with Crippen molar-refractivity contribution < 1.29 is 9.90 Å². The predicted molar refractivity (Wildman–Crippen MR) is 85.5 cm³/mol. The van der Waals surface area contributed by atoms with Gasteiger partial charge in [-0.2, -0.15) is 0 Å². The molecule has 0 unspecified atom stereocenters. The summed E-state index contributed by atoms with van der Waals surface area (Å²) in [5, 5.41) is 8.49. The number of aliphatic carboxylic acids is 1. The summed E-state index contributed by atoms with van der Waals surface area (Å²) in [5.41, 5.74) is 0. The first-order valence-corrected chi connectivity index (χ1v) is 7.79. The van der Waals surface area contributed by atoms with Crippen molar-refractivity contribution in [3.05, 3.63) is 24.3 Å². The van der Waals surface area contributed by atoms with Crippen LogP contribution in [0.1, 0.15) is 71.1 Å². The van der Waals surface area contributed by atoms with Crippen molar-refractivity contribution in [2.24, 2.45) is 0 Å². The monoisotopic (exact) mass is 276 g/mol. The van der Waals surface area contributed by atoms with Crippen LogP contribution in [0.15, 0.2) is 24.3 Å². The lowest BCUT2D eigenvalue weighted by Gasteiger charge is -1.97. The summed E-state index contributed by atoms with van der Waals surface area (Å²) in [6.45, 7) is 2.20. The second-order valence-corrected chi connectivity index (χ2v) is 4.91. The largest absolute Gasteiger partial charge is 0.481 e. The Morgan fingerprint density at radius 2 is 1.80 bits per heavy atom. The SMILES string of the molecule is CCCC/C=C\C=C/C#CCCCCCCCC(=O)O. The number of carboxylic acid groups (broad SMARTS) is 1. The molecule has 0 aliphatic rings. The maximum Gasteiger partial charge on any atom is 0.303 e. The Morgan fingerprint density at radius 3 is 2.55 bits per heavy atom. The normalized spacial score (nSPS) is 10.8. The molecular formula is C18H28O2. The van der Waals surface area contributed by atoms with Crippen LogP contribution in [0.5, 0.6) is 0 Å². The van der Waals surface area contributed by atoms with E-state index in [2.05, 4.69) is 30.9 Å². The average molecular weight is 276 g/mol. The Labute approximate surface area is 124 Å². The van der Waals surface area contributed by atoms with E-state index in [4.69, 9.17) is 5.11 Å². The molecule has 112 valence electrons. The third-order valence-corrected chi connectivity index (χ3v) is 2.95. The highest BCUT2D eigenvalue weighted by atomic mass is 16.4. The Hall–Kier alpha value is -1.49. The Bertz CT molecular complexity index is 342. The maximum absolute atomic E-state index is 10.3. The van der Waals surface area contributed by atoms with E-state index in [1.165, 1.54) is 12.8 Å². The molecule has 0 fully saturated rings. The van der Waals surface area contributed by atoms with Crippen LogP contribution in [0.4, 0.5) is 0 Å². The molecule has 0 aliphatic heterocycles. The minimum Gasteiger partial charge on any atom is -0.481 e. The van der Waals surface area contributed by atoms with Crippen molar-refractivity contribution in [1.29, 1.82) is 0 Å². The maximum atomic E-state index is 10.3. The first kappa shape index (κ1) is 18.5. The Balaban J connectivity index is 3.34. The Kier molecular flexibility index (Phi) is 14.4. The summed E-state index contributed by atoms with van der Waals surface area (Å²) in [4.78, 5) is 10.3. The van der Waals surface area contributed by atoms with Crippen LogP contribution in [0, 0.1) is 11.8 Å². The van der Waals surface area contributed by atoms with Crippen molar-refractivity contribution in [3.8, 4) is 11.8 Å². The molecule has 0 saturated carbocycles. The molecule has 0 aliphatic carbocycles. The second-order valence-electron chi connectivity index (χ2n) is 4.91. The van der Waals surface area contributed by atoms with Gasteiger partial charge in [-0.05, 0) is 25.3 Å². The molecule has 0 aromatic carbocycles. The molecule has 0 saturated heterocycles. The van der Waals surface area contributed by atoms with Crippen molar-refractivity contribution in [2.75, 3.05) is 0 Å². The number of allylic oxidation sites excluding steroid dienone is 4. The van der Waals surface area contributed by atoms with Crippen LogP contribution in [-0.2, 0) is 4.79 Å². The van der Waals surface area contributed by atoms with Gasteiger partial charge in [0, 0.05) is 12.8 Å². The number of unbranched alkanes of at least 4 members (excludes halogenated alkanes) is 7. The first-order chi connectivity index (χ1) is 9.77. The van der Waals surface area contributed by atoms with Gasteiger partial charge in [-0.1, -0.05) is 69.1 Å². The van der Waals surface area contributed by atoms with Gasteiger partial charge < -0.3 is 5.11 Å². The van der Waals surface area contributed by atoms with Gasteiger partial charge in [0.2, 0.25) is 0 Å². The van der Waals surface area contributed by atoms with Crippen molar-refractivity contribution in [3.63, 3.8) is 0 Å². The smallest absolute Gasteiger partial charge is 0.303 e. The van der Waals surface area contributed by atoms with Crippen LogP contribution in [-0.4, -0.2) is 11.1 Å². The lowest BCUT2D eigenvalue weighted by Crippen LogP contribution is -1.93. The van der Waals surface area contributed by atoms with E-state index >= 15 is 0 Å². The van der Waals surface area contributed by atoms with Gasteiger partial charge in [-0.15, -0.1) is 0 Å². The number of carboxylic acids is 1. The van der Waals surface area contributed by atoms with Crippen LogP contribution >= 0.6 is 0 Å². The highest BCUT2D eigenvalue weighted by Crippen LogP contribution is 2.06. The molecule has 0 heterocycles. The molecule has 0 aromatic rings. The number of hydrogen-bond acceptors (Lipinski definition) is 1. The molecule has 2 heteroatoms. The third kappa shape index (κ3) is 16.5. The molecule has 0 bridgehead atoms. The summed E-state index contributed by atoms with van der Waals surface area (Å²) in [6.07, 6.45) is 18.2. The van der Waals surface area contributed by atoms with E-state index in [1.54, 1.807) is 0 Å². The molecule has 0 radical (unpaired) electrons. The zero-order chi connectivity index (χ0) is 14.9. The van der Waals surface area contributed by atoms with Gasteiger partial charge >= 0.3 is 5.97 Å². The average Bonchev–Trinajstić information content (AvgIpc) is 2.43. The van der Waals surface area contributed by atoms with E-state index < -0.39 is 5.97 Å². The fourth-order valence-corrected chi connectivity index (χ4v) is 1.75. The standard InChI is InChI=1S/C18H28O2/c1-2-3-4-5-6-7-8-9-10-11-12-13-14-15-16-17-18(19)20/h5-8H,2-4,11-17H2,1H3,(H,19,20)/b6-5-,8-7-. The van der Waals surface area contributed by atoms with Gasteiger partial charge in [0.25, 0.3) is 0 Å². The molecule has 2 nitrogen and oxygen atoms in total. The molecule has 20 heavy (non-hydrogen) atoms. The van der Waals surface area contributed by atoms with Crippen molar-refractivity contribution >= 4 is 5.97 Å². The molecule has 0 spiro atoms. The summed E-state index contributed by atoms with van der Waals surface area (Å²) in [6, 6.07) is 0. The Morgan fingerprint density at radius 1 is 1.05 bits per heavy atom. The molecular weight excluding hydrogens is 248 g/mol. The minimum atomic E-state index is -0.689. The number of carbonyl (C=O) groups is 1. The van der Waals surface area contributed by atoms with Crippen LogP contribution in [0.25, 0.3) is 0 Å². The lowest BCUT2D eigenvalue weighted by molar-refractivity contribution is -0.137. The second kappa shape index (κ2) is 15.6. The van der Waals surface area contributed by atoms with Crippen LogP contribution in [0.3, 0.4) is 0 Å². The van der Waals surface area contributed by atoms with Crippen LogP contribution in [0.2, 0.25) is 0 Å². The van der Waals surface area contributed by atoms with Gasteiger partial charge in [0.1, 0.15) is 0 Å². The third-order valence-electron chi connectivity index (χ3n) is 2.95. The van der Waals surface area contributed by atoms with Crippen LogP contribution < -0.4 is 0 Å². The van der Waals surface area contributed by atoms with Gasteiger partial charge in [-0.3, -0.25) is 4.79 Å². The number of hydrogen-bond donors (Lipinski definition) is 1. The van der Waals surface area contributed by atoms with E-state index in [0.29, 0.717) is 6.42 Å². The highest BCUT2D eigenvalue weighted by molar-refractivity contribution is 5.66. The minimum absolute atomic E-state index is 0.302. The van der Waals surface area contributed by atoms with Gasteiger partial charge in [0.05, 0.1) is 0 Å². The van der Waals surface area contributed by atoms with E-state index in [-0.39, 0.29) is 0 Å². The first-order valence-electron chi connectivity index (χ1n) is 7.79. The van der Waals surface area contributed by atoms with Crippen molar-refractivity contribution in [1.82, 2.24) is 0 Å². The van der Waals surface area contributed by atoms with E-state index in [1.807, 2.05) is 12.2 Å². The molecule has 0 aromatic heterocycles. The molecule has 0 atom stereocenters. The summed E-state index contributed by atoms with van der Waals surface area (Å²) >= 11 is 0. The summed E-state index contributed by atoms with van der Waals surface area (Å²) in [7, 11) is 0. The topological polar surface area (TPSA) is 37.3 Å². The van der Waals surface area contributed by atoms with E-state index in [0.717, 1.165) is 44.9 Å². The molecule has 1 N–H and O–H groups in total. The summed E-state index contributed by atoms with van der Waals surface area (Å²) < 4.78 is 0. The summed E-state index contributed by atoms with van der Waals surface area (Å²) in [5.74, 6) is 5.48. The zero-order valence-corrected chi connectivity index (χ0v) is 12.7. The zero-order valence-electron chi connectivity index (χ0n) is 12.7. The van der Waals surface area contributed by atoms with E-state index in [9.17, 15) is 4.79 Å². The highest BCUT2D eigenvalue weighted by Gasteiger charge is 1.95. The molecule has 0 amide bonds.